The van der Waals surface area contributed by atoms with E-state index in [0.717, 1.165) is 48.7 Å². The summed E-state index contributed by atoms with van der Waals surface area (Å²) in [5.74, 6) is 2.43. The highest BCUT2D eigenvalue weighted by atomic mass is 16.7. The zero-order chi connectivity index (χ0) is 22.1. The molecule has 0 saturated carbocycles. The summed E-state index contributed by atoms with van der Waals surface area (Å²) in [7, 11) is 0. The molecule has 0 radical (unpaired) electrons. The molecule has 1 fully saturated rings. The fourth-order valence-corrected chi connectivity index (χ4v) is 5.16. The third kappa shape index (κ3) is 5.31. The molecule has 3 heterocycles. The van der Waals surface area contributed by atoms with Gasteiger partial charge in [-0.2, -0.15) is 0 Å². The monoisotopic (exact) mass is 425 g/mol. The van der Waals surface area contributed by atoms with Gasteiger partial charge in [0, 0.05) is 54.2 Å². The van der Waals surface area contributed by atoms with Crippen LogP contribution in [0.1, 0.15) is 58.6 Å². The number of rotatable bonds is 7. The number of hydrogen-bond donors (Lipinski definition) is 1. The number of hydrogen-bond acceptors (Lipinski definition) is 6. The minimum atomic E-state index is 0.0700. The Morgan fingerprint density at radius 1 is 1.03 bits per heavy atom. The normalized spacial score (nSPS) is 19.5. The van der Waals surface area contributed by atoms with Gasteiger partial charge >= 0.3 is 0 Å². The molecule has 0 atom stereocenters. The molecule has 6 heteroatoms. The van der Waals surface area contributed by atoms with Gasteiger partial charge in [0.2, 0.25) is 6.79 Å². The summed E-state index contributed by atoms with van der Waals surface area (Å²) in [6.07, 6.45) is 5.90. The molecule has 2 aromatic rings. The topological polar surface area (TPSA) is 55.9 Å². The molecule has 1 aromatic heterocycles. The maximum absolute atomic E-state index is 6.00. The number of ether oxygens (including phenoxy) is 3. The Morgan fingerprint density at radius 3 is 2.32 bits per heavy atom. The Morgan fingerprint density at radius 2 is 1.68 bits per heavy atom. The largest absolute Gasteiger partial charge is 0.493 e. The first-order chi connectivity index (χ1) is 14.7. The molecule has 0 amide bonds. The summed E-state index contributed by atoms with van der Waals surface area (Å²) in [6.45, 7) is 13.8. The Hall–Kier alpha value is -2.31. The van der Waals surface area contributed by atoms with Crippen LogP contribution in [-0.2, 0) is 13.1 Å². The molecule has 0 unspecified atom stereocenters. The third-order valence-corrected chi connectivity index (χ3v) is 6.05. The molecule has 0 bridgehead atoms. The van der Waals surface area contributed by atoms with Crippen LogP contribution in [0.5, 0.6) is 17.2 Å². The van der Waals surface area contributed by atoms with Crippen LogP contribution in [-0.4, -0.2) is 40.4 Å². The predicted molar refractivity (Wildman–Crippen MR) is 122 cm³/mol. The molecular formula is C25H35N3O3. The lowest BCUT2D eigenvalue weighted by atomic mass is 9.78. The van der Waals surface area contributed by atoms with Crippen molar-refractivity contribution in [3.8, 4) is 17.2 Å². The average molecular weight is 426 g/mol. The lowest BCUT2D eigenvalue weighted by Gasteiger charge is -2.50. The number of pyridine rings is 1. The molecule has 168 valence electrons. The number of nitrogens with one attached hydrogen (secondary N) is 1. The van der Waals surface area contributed by atoms with Crippen molar-refractivity contribution in [3.63, 3.8) is 0 Å². The summed E-state index contributed by atoms with van der Waals surface area (Å²) in [5, 5.41) is 3.81. The van der Waals surface area contributed by atoms with Crippen molar-refractivity contribution >= 4 is 0 Å². The zero-order valence-electron chi connectivity index (χ0n) is 19.4. The van der Waals surface area contributed by atoms with E-state index in [4.69, 9.17) is 14.2 Å². The van der Waals surface area contributed by atoms with Crippen molar-refractivity contribution in [2.24, 2.45) is 0 Å². The number of fused-ring (bicyclic) bond motifs is 1. The van der Waals surface area contributed by atoms with E-state index < -0.39 is 0 Å². The van der Waals surface area contributed by atoms with Crippen molar-refractivity contribution < 1.29 is 14.2 Å². The molecule has 2 aliphatic rings. The van der Waals surface area contributed by atoms with E-state index in [-0.39, 0.29) is 17.9 Å². The van der Waals surface area contributed by atoms with E-state index in [0.29, 0.717) is 12.6 Å². The standard InChI is InChI=1S/C25H35N3O3/c1-6-29-21-12-23-22(30-17-31-23)11-19(21)16-28(15-18-7-9-26-10-8-18)20-13-24(2,3)27-25(4,5)14-20/h7-12,20,27H,6,13-17H2,1-5H3. The summed E-state index contributed by atoms with van der Waals surface area (Å²) in [4.78, 5) is 6.78. The molecule has 31 heavy (non-hydrogen) atoms. The number of aromatic nitrogens is 1. The highest BCUT2D eigenvalue weighted by Gasteiger charge is 2.40. The first-order valence-electron chi connectivity index (χ1n) is 11.2. The van der Waals surface area contributed by atoms with Gasteiger partial charge in [0.15, 0.2) is 11.5 Å². The van der Waals surface area contributed by atoms with Crippen LogP contribution in [0.15, 0.2) is 36.7 Å². The van der Waals surface area contributed by atoms with Gasteiger partial charge in [-0.3, -0.25) is 9.88 Å². The second kappa shape index (κ2) is 8.67. The summed E-state index contributed by atoms with van der Waals surface area (Å²) in [5.41, 5.74) is 2.54. The van der Waals surface area contributed by atoms with Crippen LogP contribution in [0, 0.1) is 0 Å². The van der Waals surface area contributed by atoms with Gasteiger partial charge in [0.1, 0.15) is 5.75 Å². The van der Waals surface area contributed by atoms with Gasteiger partial charge in [-0.15, -0.1) is 0 Å². The van der Waals surface area contributed by atoms with E-state index in [1.807, 2.05) is 25.4 Å². The van der Waals surface area contributed by atoms with Gasteiger partial charge in [-0.05, 0) is 71.2 Å². The predicted octanol–water partition coefficient (Wildman–Crippen LogP) is 4.52. The van der Waals surface area contributed by atoms with Crippen LogP contribution in [0.3, 0.4) is 0 Å². The van der Waals surface area contributed by atoms with Crippen molar-refractivity contribution in [1.29, 1.82) is 0 Å². The highest BCUT2D eigenvalue weighted by Crippen LogP contribution is 2.40. The van der Waals surface area contributed by atoms with Gasteiger partial charge < -0.3 is 19.5 Å². The lowest BCUT2D eigenvalue weighted by Crippen LogP contribution is -2.62. The van der Waals surface area contributed by atoms with E-state index in [1.165, 1.54) is 5.56 Å². The highest BCUT2D eigenvalue weighted by molar-refractivity contribution is 5.52. The molecule has 1 aromatic carbocycles. The van der Waals surface area contributed by atoms with E-state index in [1.54, 1.807) is 0 Å². The van der Waals surface area contributed by atoms with Crippen molar-refractivity contribution in [3.05, 3.63) is 47.8 Å². The maximum Gasteiger partial charge on any atom is 0.231 e. The van der Waals surface area contributed by atoms with Gasteiger partial charge in [-0.25, -0.2) is 0 Å². The average Bonchev–Trinajstić information content (AvgIpc) is 3.13. The molecule has 2 aliphatic heterocycles. The van der Waals surface area contributed by atoms with Crippen LogP contribution < -0.4 is 19.5 Å². The first-order valence-corrected chi connectivity index (χ1v) is 11.2. The van der Waals surface area contributed by atoms with E-state index in [2.05, 4.69) is 61.1 Å². The number of benzene rings is 1. The summed E-state index contributed by atoms with van der Waals surface area (Å²) >= 11 is 0. The molecule has 4 rings (SSSR count). The lowest BCUT2D eigenvalue weighted by molar-refractivity contribution is 0.0558. The summed E-state index contributed by atoms with van der Waals surface area (Å²) < 4.78 is 17.2. The van der Waals surface area contributed by atoms with Crippen LogP contribution in [0.2, 0.25) is 0 Å². The van der Waals surface area contributed by atoms with Crippen LogP contribution in [0.25, 0.3) is 0 Å². The van der Waals surface area contributed by atoms with E-state index >= 15 is 0 Å². The smallest absolute Gasteiger partial charge is 0.231 e. The number of nitrogens with zero attached hydrogens (tertiary/aromatic N) is 2. The SMILES string of the molecule is CCOc1cc2c(cc1CN(Cc1ccncc1)C1CC(C)(C)NC(C)(C)C1)OCO2. The van der Waals surface area contributed by atoms with Crippen molar-refractivity contribution in [2.75, 3.05) is 13.4 Å². The molecule has 1 saturated heterocycles. The van der Waals surface area contributed by atoms with Gasteiger partial charge in [0.05, 0.1) is 6.61 Å². The Kier molecular flexibility index (Phi) is 6.13. The second-order valence-electron chi connectivity index (χ2n) is 9.96. The first kappa shape index (κ1) is 21.9. The van der Waals surface area contributed by atoms with Gasteiger partial charge in [-0.1, -0.05) is 0 Å². The minimum Gasteiger partial charge on any atom is -0.493 e. The molecule has 1 N–H and O–H groups in total. The van der Waals surface area contributed by atoms with Crippen molar-refractivity contribution in [1.82, 2.24) is 15.2 Å². The zero-order valence-corrected chi connectivity index (χ0v) is 19.4. The third-order valence-electron chi connectivity index (χ3n) is 6.05. The Balaban J connectivity index is 1.67. The molecular weight excluding hydrogens is 390 g/mol. The van der Waals surface area contributed by atoms with Gasteiger partial charge in [0.25, 0.3) is 0 Å². The minimum absolute atomic E-state index is 0.0700. The second-order valence-corrected chi connectivity index (χ2v) is 9.96. The van der Waals surface area contributed by atoms with E-state index in [9.17, 15) is 0 Å². The maximum atomic E-state index is 6.00. The molecule has 0 aliphatic carbocycles. The number of piperidine rings is 1. The Labute approximate surface area is 185 Å². The van der Waals surface area contributed by atoms with Crippen LogP contribution in [0.4, 0.5) is 0 Å². The Bertz CT molecular complexity index is 882. The molecule has 6 nitrogen and oxygen atoms in total. The van der Waals surface area contributed by atoms with Crippen molar-refractivity contribution in [2.45, 2.75) is 77.7 Å². The quantitative estimate of drug-likeness (QED) is 0.704. The fourth-order valence-electron chi connectivity index (χ4n) is 5.16. The van der Waals surface area contributed by atoms with Crippen LogP contribution >= 0.6 is 0 Å². The summed E-state index contributed by atoms with van der Waals surface area (Å²) in [6, 6.07) is 8.70. The fraction of sp³-hybridized carbons (Fsp3) is 0.560. The molecule has 0 spiro atoms.